The summed E-state index contributed by atoms with van der Waals surface area (Å²) in [5, 5.41) is 56.3. The number of anilines is 1. The Kier molecular flexibility index (Phi) is 6.87. The Morgan fingerprint density at radius 1 is 1.18 bits per heavy atom. The first-order valence-electron chi connectivity index (χ1n) is 14.1. The van der Waals surface area contributed by atoms with Crippen LogP contribution >= 0.6 is 0 Å². The van der Waals surface area contributed by atoms with Gasteiger partial charge in [0.05, 0.1) is 29.5 Å². The van der Waals surface area contributed by atoms with Gasteiger partial charge in [-0.3, -0.25) is 24.2 Å². The number of hydrogen-bond donors (Lipinski definition) is 7. The van der Waals surface area contributed by atoms with Crippen molar-refractivity contribution in [2.24, 2.45) is 17.6 Å². The molecular weight excluding hydrogens is 573 g/mol. The van der Waals surface area contributed by atoms with Crippen molar-refractivity contribution in [3.8, 4) is 5.75 Å². The molecule has 1 heterocycles. The van der Waals surface area contributed by atoms with E-state index in [0.717, 1.165) is 17.2 Å². The summed E-state index contributed by atoms with van der Waals surface area (Å²) in [6, 6.07) is 7.62. The first kappa shape index (κ1) is 29.5. The van der Waals surface area contributed by atoms with E-state index in [-0.39, 0.29) is 36.2 Å². The quantitative estimate of drug-likeness (QED) is 0.247. The molecule has 230 valence electrons. The molecule has 4 atom stereocenters. The molecule has 0 unspecified atom stereocenters. The third-order valence-corrected chi connectivity index (χ3v) is 9.27. The van der Waals surface area contributed by atoms with Crippen LogP contribution in [0, 0.1) is 23.1 Å². The van der Waals surface area contributed by atoms with Crippen LogP contribution in [0.15, 0.2) is 47.2 Å². The predicted molar refractivity (Wildman–Crippen MR) is 156 cm³/mol. The summed E-state index contributed by atoms with van der Waals surface area (Å²) in [5.74, 6) is -7.73. The lowest BCUT2D eigenvalue weighted by Crippen LogP contribution is -2.67. The standard InChI is InChI=1S/C31H32FN5O7/c1-36(2)24-17-8-15-7-16-18(32)9-19(35-20(38)12-37-10-13-5-3-4-6-14(13)11-37)25(39)22(16)26(40)21(15)29(42)31(17,44)28(33)23(27(24)41)30(34)43/h3-6,9,15,17,24,33,39-41,44H,7-8,10-12H2,1-2H3,(H2,34,43)(H,35,38)/t15-,17-,24-,31+/m0/s1. The second-order valence-electron chi connectivity index (χ2n) is 12.1. The molecule has 8 N–H and O–H groups in total. The summed E-state index contributed by atoms with van der Waals surface area (Å²) < 4.78 is 15.6. The second kappa shape index (κ2) is 10.3. The molecule has 44 heavy (non-hydrogen) atoms. The Hall–Kier alpha value is -4.59. The Morgan fingerprint density at radius 2 is 1.82 bits per heavy atom. The zero-order valence-electron chi connectivity index (χ0n) is 24.0. The maximum atomic E-state index is 15.6. The molecule has 0 saturated heterocycles. The smallest absolute Gasteiger partial charge is 0.254 e. The third kappa shape index (κ3) is 4.22. The zero-order chi connectivity index (χ0) is 31.8. The van der Waals surface area contributed by atoms with E-state index in [1.807, 2.05) is 29.2 Å². The largest absolute Gasteiger partial charge is 0.510 e. The minimum absolute atomic E-state index is 0.0490. The highest BCUT2D eigenvalue weighted by Gasteiger charge is 2.63. The molecule has 1 saturated carbocycles. The SMILES string of the molecule is CN(C)[C@@H]1C(O)=C(C(N)=O)C(=N)[C@@]2(O)C(=O)C3=C(O)c4c(O)c(NC(=O)CN5Cc6ccccc6C5)cc(F)c4C[C@H]3C[C@@H]12. The van der Waals surface area contributed by atoms with Gasteiger partial charge in [-0.1, -0.05) is 24.3 Å². The number of nitrogens with zero attached hydrogens (tertiary/aromatic N) is 2. The number of likely N-dealkylation sites (N-methyl/N-ethyl adjacent to an activating group) is 1. The van der Waals surface area contributed by atoms with Crippen molar-refractivity contribution >= 4 is 34.8 Å². The minimum Gasteiger partial charge on any atom is -0.510 e. The van der Waals surface area contributed by atoms with Crippen molar-refractivity contribution in [2.75, 3.05) is 26.0 Å². The molecule has 2 amide bonds. The number of amides is 2. The van der Waals surface area contributed by atoms with Crippen LogP contribution in [0.2, 0.25) is 0 Å². The van der Waals surface area contributed by atoms with Gasteiger partial charge >= 0.3 is 0 Å². The van der Waals surface area contributed by atoms with Gasteiger partial charge in [-0.25, -0.2) is 4.39 Å². The molecule has 0 aromatic heterocycles. The van der Waals surface area contributed by atoms with E-state index < -0.39 is 81.0 Å². The van der Waals surface area contributed by atoms with Crippen LogP contribution in [-0.2, 0) is 33.9 Å². The molecule has 13 heteroatoms. The highest BCUT2D eigenvalue weighted by atomic mass is 19.1. The second-order valence-corrected chi connectivity index (χ2v) is 12.1. The fourth-order valence-electron chi connectivity index (χ4n) is 7.33. The molecule has 12 nitrogen and oxygen atoms in total. The first-order chi connectivity index (χ1) is 20.7. The van der Waals surface area contributed by atoms with Crippen LogP contribution in [0.1, 0.15) is 28.7 Å². The van der Waals surface area contributed by atoms with Crippen LogP contribution < -0.4 is 11.1 Å². The monoisotopic (exact) mass is 605 g/mol. The number of nitrogens with two attached hydrogens (primary N) is 1. The normalized spacial score (nSPS) is 26.3. The third-order valence-electron chi connectivity index (χ3n) is 9.27. The zero-order valence-corrected chi connectivity index (χ0v) is 24.0. The number of ketones is 1. The first-order valence-corrected chi connectivity index (χ1v) is 14.1. The molecule has 3 aliphatic carbocycles. The lowest BCUT2D eigenvalue weighted by Gasteiger charge is -2.51. The van der Waals surface area contributed by atoms with Crippen LogP contribution in [0.25, 0.3) is 5.76 Å². The van der Waals surface area contributed by atoms with Crippen molar-refractivity contribution in [1.82, 2.24) is 9.80 Å². The molecule has 6 rings (SSSR count). The van der Waals surface area contributed by atoms with Gasteiger partial charge in [0, 0.05) is 36.2 Å². The number of aliphatic hydroxyl groups excluding tert-OH is 2. The van der Waals surface area contributed by atoms with E-state index in [9.17, 15) is 34.8 Å². The number of halogens is 1. The number of nitrogens with one attached hydrogen (secondary N) is 2. The van der Waals surface area contributed by atoms with Crippen LogP contribution in [0.3, 0.4) is 0 Å². The number of fused-ring (bicyclic) bond motifs is 4. The lowest BCUT2D eigenvalue weighted by atomic mass is 9.57. The average Bonchev–Trinajstić information content (AvgIpc) is 3.35. The van der Waals surface area contributed by atoms with E-state index in [1.165, 1.54) is 4.90 Å². The maximum Gasteiger partial charge on any atom is 0.254 e. The van der Waals surface area contributed by atoms with E-state index in [2.05, 4.69) is 5.32 Å². The molecule has 1 fully saturated rings. The van der Waals surface area contributed by atoms with Gasteiger partial charge in [0.15, 0.2) is 11.4 Å². The molecule has 0 radical (unpaired) electrons. The van der Waals surface area contributed by atoms with Crippen molar-refractivity contribution in [3.63, 3.8) is 0 Å². The number of carbonyl (C=O) groups excluding carboxylic acids is 3. The number of aliphatic hydroxyl groups is 3. The van der Waals surface area contributed by atoms with Crippen LogP contribution in [-0.4, -0.2) is 85.8 Å². The number of aromatic hydroxyl groups is 1. The van der Waals surface area contributed by atoms with Crippen LogP contribution in [0.5, 0.6) is 5.75 Å². The highest BCUT2D eigenvalue weighted by molar-refractivity contribution is 6.34. The molecule has 2 aromatic carbocycles. The number of carbonyl (C=O) groups is 3. The van der Waals surface area contributed by atoms with Crippen molar-refractivity contribution in [3.05, 3.63) is 75.3 Å². The van der Waals surface area contributed by atoms with Crippen LogP contribution in [0.4, 0.5) is 10.1 Å². The Balaban J connectivity index is 1.35. The molecule has 0 spiro atoms. The number of phenolic OH excluding ortho intramolecular Hbond substituents is 1. The molecule has 2 aromatic rings. The summed E-state index contributed by atoms with van der Waals surface area (Å²) in [6.07, 6.45) is -0.243. The van der Waals surface area contributed by atoms with Crippen molar-refractivity contribution < 1.29 is 39.2 Å². The number of rotatable bonds is 5. The van der Waals surface area contributed by atoms with Gasteiger partial charge in [-0.2, -0.15) is 0 Å². The number of phenols is 1. The molecule has 1 aliphatic heterocycles. The fraction of sp³-hybridized carbons (Fsp3) is 0.355. The summed E-state index contributed by atoms with van der Waals surface area (Å²) >= 11 is 0. The van der Waals surface area contributed by atoms with E-state index >= 15 is 4.39 Å². The Bertz CT molecular complexity index is 1710. The summed E-state index contributed by atoms with van der Waals surface area (Å²) in [7, 11) is 3.10. The Labute approximate surface area is 251 Å². The van der Waals surface area contributed by atoms with Crippen molar-refractivity contribution in [1.29, 1.82) is 5.41 Å². The fourth-order valence-corrected chi connectivity index (χ4v) is 7.33. The number of primary amides is 1. The topological polar surface area (TPSA) is 201 Å². The van der Waals surface area contributed by atoms with Gasteiger partial charge in [0.1, 0.15) is 22.9 Å². The van der Waals surface area contributed by atoms with E-state index in [4.69, 9.17) is 11.1 Å². The number of hydrogen-bond acceptors (Lipinski definition) is 10. The van der Waals surface area contributed by atoms with Gasteiger partial charge in [0.2, 0.25) is 11.7 Å². The van der Waals surface area contributed by atoms with Gasteiger partial charge < -0.3 is 36.9 Å². The Morgan fingerprint density at radius 3 is 2.41 bits per heavy atom. The summed E-state index contributed by atoms with van der Waals surface area (Å²) in [6.45, 7) is 1.04. The van der Waals surface area contributed by atoms with Gasteiger partial charge in [-0.05, 0) is 44.0 Å². The number of benzene rings is 2. The summed E-state index contributed by atoms with van der Waals surface area (Å²) in [4.78, 5) is 42.5. The molecule has 4 aliphatic rings. The van der Waals surface area contributed by atoms with E-state index in [0.29, 0.717) is 13.1 Å². The predicted octanol–water partition coefficient (Wildman–Crippen LogP) is 1.51. The van der Waals surface area contributed by atoms with Gasteiger partial charge in [0.25, 0.3) is 5.91 Å². The summed E-state index contributed by atoms with van der Waals surface area (Å²) in [5.41, 5.74) is 2.17. The average molecular weight is 606 g/mol. The highest BCUT2D eigenvalue weighted by Crippen LogP contribution is 2.53. The minimum atomic E-state index is -2.66. The maximum absolute atomic E-state index is 15.6. The number of Topliss-reactive ketones (excluding diaryl/α,β-unsaturated/α-hetero) is 1. The molecular formula is C31H32FN5O7. The molecule has 0 bridgehead atoms. The van der Waals surface area contributed by atoms with Gasteiger partial charge in [-0.15, -0.1) is 0 Å². The van der Waals surface area contributed by atoms with Crippen molar-refractivity contribution in [2.45, 2.75) is 37.6 Å². The van der Waals surface area contributed by atoms with E-state index in [1.54, 1.807) is 14.1 Å². The lowest BCUT2D eigenvalue weighted by molar-refractivity contribution is -0.138.